The molecule has 1 aliphatic heterocycles. The first kappa shape index (κ1) is 17.0. The highest BCUT2D eigenvalue weighted by Crippen LogP contribution is 2.31. The predicted octanol–water partition coefficient (Wildman–Crippen LogP) is 3.75. The highest BCUT2D eigenvalue weighted by molar-refractivity contribution is 6.42. The summed E-state index contributed by atoms with van der Waals surface area (Å²) in [7, 11) is 4.17. The van der Waals surface area contributed by atoms with E-state index in [1.165, 1.54) is 0 Å². The minimum absolute atomic E-state index is 0.221. The maximum atomic E-state index is 6.33. The lowest BCUT2D eigenvalue weighted by Gasteiger charge is -2.32. The summed E-state index contributed by atoms with van der Waals surface area (Å²) < 4.78 is 5.42. The molecule has 0 radical (unpaired) electrons. The summed E-state index contributed by atoms with van der Waals surface area (Å²) >= 11 is 12.4. The summed E-state index contributed by atoms with van der Waals surface area (Å²) in [6, 6.07) is 6.68. The van der Waals surface area contributed by atoms with Gasteiger partial charge in [0.15, 0.2) is 0 Å². The maximum absolute atomic E-state index is 6.33. The minimum atomic E-state index is 0.221. The average Bonchev–Trinajstić information content (AvgIpc) is 2.52. The molecule has 1 saturated heterocycles. The molecule has 0 aliphatic carbocycles. The fraction of sp³-hybridized carbons (Fsp3) is 0.625. The highest BCUT2D eigenvalue weighted by Gasteiger charge is 2.20. The molecule has 1 aromatic carbocycles. The number of rotatable bonds is 6. The van der Waals surface area contributed by atoms with Crippen LogP contribution in [-0.4, -0.2) is 44.8 Å². The Morgan fingerprint density at radius 3 is 2.71 bits per heavy atom. The molecule has 0 spiro atoms. The topological polar surface area (TPSA) is 24.5 Å². The summed E-state index contributed by atoms with van der Waals surface area (Å²) in [5, 5.41) is 4.63. The molecule has 1 N–H and O–H groups in total. The van der Waals surface area contributed by atoms with Gasteiger partial charge in [0.05, 0.1) is 10.0 Å². The predicted molar refractivity (Wildman–Crippen MR) is 89.4 cm³/mol. The SMILES string of the molecule is CNC(CCN(C)C1CCOCC1)c1cccc(Cl)c1Cl. The largest absolute Gasteiger partial charge is 0.381 e. The molecule has 1 unspecified atom stereocenters. The van der Waals surface area contributed by atoms with E-state index in [-0.39, 0.29) is 6.04 Å². The maximum Gasteiger partial charge on any atom is 0.0640 e. The third kappa shape index (κ3) is 4.57. The molecule has 21 heavy (non-hydrogen) atoms. The van der Waals surface area contributed by atoms with Crippen LogP contribution in [0.1, 0.15) is 30.9 Å². The smallest absolute Gasteiger partial charge is 0.0640 e. The quantitative estimate of drug-likeness (QED) is 0.859. The zero-order valence-corrected chi connectivity index (χ0v) is 14.3. The van der Waals surface area contributed by atoms with E-state index >= 15 is 0 Å². The van der Waals surface area contributed by atoms with Crippen molar-refractivity contribution < 1.29 is 4.74 Å². The Labute approximate surface area is 137 Å². The van der Waals surface area contributed by atoms with Gasteiger partial charge >= 0.3 is 0 Å². The van der Waals surface area contributed by atoms with Crippen molar-refractivity contribution >= 4 is 23.2 Å². The normalized spacial score (nSPS) is 18.1. The van der Waals surface area contributed by atoms with Gasteiger partial charge < -0.3 is 15.0 Å². The van der Waals surface area contributed by atoms with Gasteiger partial charge in [-0.3, -0.25) is 0 Å². The Kier molecular flexibility index (Phi) is 6.77. The first-order valence-electron chi connectivity index (χ1n) is 7.52. The zero-order valence-electron chi connectivity index (χ0n) is 12.7. The van der Waals surface area contributed by atoms with Crippen LogP contribution in [0.4, 0.5) is 0 Å². The summed E-state index contributed by atoms with van der Waals surface area (Å²) in [4.78, 5) is 2.44. The Morgan fingerprint density at radius 1 is 1.33 bits per heavy atom. The first-order chi connectivity index (χ1) is 10.1. The van der Waals surface area contributed by atoms with Crippen molar-refractivity contribution in [2.24, 2.45) is 0 Å². The van der Waals surface area contributed by atoms with Gasteiger partial charge in [0.25, 0.3) is 0 Å². The monoisotopic (exact) mass is 330 g/mol. The van der Waals surface area contributed by atoms with Gasteiger partial charge in [0, 0.05) is 25.3 Å². The lowest BCUT2D eigenvalue weighted by Crippen LogP contribution is -2.38. The van der Waals surface area contributed by atoms with Crippen molar-refractivity contribution in [3.8, 4) is 0 Å². The summed E-state index contributed by atoms with van der Waals surface area (Å²) in [5.74, 6) is 0. The lowest BCUT2D eigenvalue weighted by molar-refractivity contribution is 0.0420. The number of hydrogen-bond donors (Lipinski definition) is 1. The van der Waals surface area contributed by atoms with Crippen LogP contribution in [0.3, 0.4) is 0 Å². The van der Waals surface area contributed by atoms with E-state index in [1.54, 1.807) is 0 Å². The summed E-state index contributed by atoms with van der Waals surface area (Å²) in [6.45, 7) is 2.79. The standard InChI is InChI=1S/C16H24Cl2N2O/c1-19-15(13-4-3-5-14(17)16(13)18)6-9-20(2)12-7-10-21-11-8-12/h3-5,12,15,19H,6-11H2,1-2H3. The van der Waals surface area contributed by atoms with Gasteiger partial charge in [-0.1, -0.05) is 35.3 Å². The van der Waals surface area contributed by atoms with Crippen molar-refractivity contribution in [1.29, 1.82) is 0 Å². The lowest BCUT2D eigenvalue weighted by atomic mass is 10.0. The number of benzene rings is 1. The molecule has 5 heteroatoms. The third-order valence-corrected chi connectivity index (χ3v) is 5.12. The van der Waals surface area contributed by atoms with Gasteiger partial charge in [0.1, 0.15) is 0 Å². The molecular weight excluding hydrogens is 307 g/mol. The number of nitrogens with zero attached hydrogens (tertiary/aromatic N) is 1. The van der Waals surface area contributed by atoms with Crippen molar-refractivity contribution in [2.75, 3.05) is 33.9 Å². The molecule has 1 atom stereocenters. The number of hydrogen-bond acceptors (Lipinski definition) is 3. The van der Waals surface area contributed by atoms with E-state index in [2.05, 4.69) is 17.3 Å². The average molecular weight is 331 g/mol. The molecule has 0 amide bonds. The molecule has 1 heterocycles. The van der Waals surface area contributed by atoms with Crippen LogP contribution < -0.4 is 5.32 Å². The summed E-state index contributed by atoms with van der Waals surface area (Å²) in [6.07, 6.45) is 3.25. The molecule has 2 rings (SSSR count). The molecule has 3 nitrogen and oxygen atoms in total. The first-order valence-corrected chi connectivity index (χ1v) is 8.28. The molecule has 118 valence electrons. The van der Waals surface area contributed by atoms with Crippen LogP contribution in [0.25, 0.3) is 0 Å². The Morgan fingerprint density at radius 2 is 2.05 bits per heavy atom. The number of ether oxygens (including phenoxy) is 1. The third-order valence-electron chi connectivity index (χ3n) is 4.29. The molecule has 0 aromatic heterocycles. The molecule has 0 saturated carbocycles. The molecule has 1 fully saturated rings. The number of nitrogens with one attached hydrogen (secondary N) is 1. The van der Waals surface area contributed by atoms with E-state index in [0.717, 1.165) is 44.6 Å². The van der Waals surface area contributed by atoms with E-state index in [9.17, 15) is 0 Å². The van der Waals surface area contributed by atoms with Gasteiger partial charge in [-0.2, -0.15) is 0 Å². The number of halogens is 2. The Hall–Kier alpha value is -0.320. The van der Waals surface area contributed by atoms with Crippen LogP contribution in [0.2, 0.25) is 10.0 Å². The van der Waals surface area contributed by atoms with Gasteiger partial charge in [-0.25, -0.2) is 0 Å². The fourth-order valence-corrected chi connectivity index (χ4v) is 3.33. The van der Waals surface area contributed by atoms with E-state index in [4.69, 9.17) is 27.9 Å². The summed E-state index contributed by atoms with van der Waals surface area (Å²) in [5.41, 5.74) is 1.08. The Bertz CT molecular complexity index is 450. The van der Waals surface area contributed by atoms with Crippen molar-refractivity contribution in [2.45, 2.75) is 31.3 Å². The minimum Gasteiger partial charge on any atom is -0.381 e. The second kappa shape index (κ2) is 8.35. The Balaban J connectivity index is 1.94. The van der Waals surface area contributed by atoms with Gasteiger partial charge in [-0.05, 0) is 51.5 Å². The van der Waals surface area contributed by atoms with Crippen molar-refractivity contribution in [3.63, 3.8) is 0 Å². The van der Waals surface area contributed by atoms with Crippen molar-refractivity contribution in [3.05, 3.63) is 33.8 Å². The van der Waals surface area contributed by atoms with E-state index < -0.39 is 0 Å². The van der Waals surface area contributed by atoms with Crippen molar-refractivity contribution in [1.82, 2.24) is 10.2 Å². The second-order valence-corrected chi connectivity index (χ2v) is 6.38. The van der Waals surface area contributed by atoms with E-state index in [1.807, 2.05) is 25.2 Å². The van der Waals surface area contributed by atoms with Crippen LogP contribution in [0, 0.1) is 0 Å². The second-order valence-electron chi connectivity index (χ2n) is 5.60. The van der Waals surface area contributed by atoms with Crippen LogP contribution in [0.5, 0.6) is 0 Å². The van der Waals surface area contributed by atoms with Gasteiger partial charge in [-0.15, -0.1) is 0 Å². The molecule has 1 aliphatic rings. The van der Waals surface area contributed by atoms with Crippen LogP contribution in [0.15, 0.2) is 18.2 Å². The van der Waals surface area contributed by atoms with Crippen LogP contribution in [-0.2, 0) is 4.74 Å². The molecule has 1 aromatic rings. The van der Waals surface area contributed by atoms with E-state index in [0.29, 0.717) is 16.1 Å². The fourth-order valence-electron chi connectivity index (χ4n) is 2.89. The molecule has 0 bridgehead atoms. The highest BCUT2D eigenvalue weighted by atomic mass is 35.5. The molecular formula is C16H24Cl2N2O. The zero-order chi connectivity index (χ0) is 15.2. The van der Waals surface area contributed by atoms with Gasteiger partial charge in [0.2, 0.25) is 0 Å². The van der Waals surface area contributed by atoms with Crippen LogP contribution >= 0.6 is 23.2 Å².